The molecule has 156 valence electrons. The molecule has 28 heavy (non-hydrogen) atoms. The van der Waals surface area contributed by atoms with E-state index < -0.39 is 11.5 Å². The molecule has 0 heterocycles. The zero-order chi connectivity index (χ0) is 20.7. The van der Waals surface area contributed by atoms with Gasteiger partial charge in [0.15, 0.2) is 0 Å². The second-order valence-corrected chi connectivity index (χ2v) is 7.92. The maximum atomic E-state index is 13.0. The summed E-state index contributed by atoms with van der Waals surface area (Å²) in [7, 11) is 1.80. The third kappa shape index (κ3) is 4.83. The predicted octanol–water partition coefficient (Wildman–Crippen LogP) is 2.84. The molecule has 4 atom stereocenters. The van der Waals surface area contributed by atoms with Gasteiger partial charge in [0.25, 0.3) is 0 Å². The van der Waals surface area contributed by atoms with Crippen LogP contribution < -0.4 is 5.32 Å². The lowest BCUT2D eigenvalue weighted by Crippen LogP contribution is -2.50. The van der Waals surface area contributed by atoms with Crippen molar-refractivity contribution in [3.63, 3.8) is 0 Å². The topological polar surface area (TPSA) is 75.7 Å². The number of nitrogens with zero attached hydrogens (tertiary/aromatic N) is 1. The van der Waals surface area contributed by atoms with E-state index in [2.05, 4.69) is 18.5 Å². The molecule has 2 fully saturated rings. The highest BCUT2D eigenvalue weighted by atomic mass is 16.5. The summed E-state index contributed by atoms with van der Waals surface area (Å²) in [6.07, 6.45) is 9.17. The van der Waals surface area contributed by atoms with Gasteiger partial charge in [0.1, 0.15) is 5.54 Å². The molecule has 0 aromatic heterocycles. The van der Waals surface area contributed by atoms with Gasteiger partial charge in [0.05, 0.1) is 6.61 Å². The van der Waals surface area contributed by atoms with E-state index in [1.807, 2.05) is 6.08 Å². The number of carbonyl (C=O) groups is 3. The van der Waals surface area contributed by atoms with Gasteiger partial charge in [0.2, 0.25) is 11.8 Å². The quantitative estimate of drug-likeness (QED) is 0.334. The molecule has 2 saturated carbocycles. The van der Waals surface area contributed by atoms with E-state index >= 15 is 0 Å². The molecule has 2 aliphatic rings. The van der Waals surface area contributed by atoms with Crippen molar-refractivity contribution in [1.29, 1.82) is 0 Å². The Bertz CT molecular complexity index is 618. The summed E-state index contributed by atoms with van der Waals surface area (Å²) < 4.78 is 5.16. The number of allylic oxidation sites excluding steroid dienone is 1. The van der Waals surface area contributed by atoms with Crippen LogP contribution in [0.3, 0.4) is 0 Å². The van der Waals surface area contributed by atoms with Crippen LogP contribution in [0.4, 0.5) is 0 Å². The molecular weight excluding hydrogens is 356 g/mol. The lowest BCUT2D eigenvalue weighted by Gasteiger charge is -2.26. The lowest BCUT2D eigenvalue weighted by molar-refractivity contribution is -0.150. The molecule has 0 spiro atoms. The molecule has 0 aromatic carbocycles. The van der Waals surface area contributed by atoms with E-state index in [4.69, 9.17) is 4.74 Å². The molecule has 1 N–H and O–H groups in total. The Hall–Kier alpha value is -2.11. The summed E-state index contributed by atoms with van der Waals surface area (Å²) in [6, 6.07) is 0. The molecule has 6 nitrogen and oxygen atoms in total. The van der Waals surface area contributed by atoms with Gasteiger partial charge in [-0.2, -0.15) is 0 Å². The van der Waals surface area contributed by atoms with Crippen LogP contribution in [0.25, 0.3) is 0 Å². The van der Waals surface area contributed by atoms with Crippen LogP contribution in [0.1, 0.15) is 51.9 Å². The zero-order valence-electron chi connectivity index (χ0n) is 17.2. The Kier molecular flexibility index (Phi) is 7.84. The normalized spacial score (nSPS) is 28.3. The van der Waals surface area contributed by atoms with E-state index in [9.17, 15) is 14.4 Å². The van der Waals surface area contributed by atoms with Crippen molar-refractivity contribution in [3.05, 3.63) is 25.3 Å². The molecule has 0 saturated heterocycles. The summed E-state index contributed by atoms with van der Waals surface area (Å²) in [4.78, 5) is 40.0. The van der Waals surface area contributed by atoms with Crippen molar-refractivity contribution in [2.75, 3.05) is 20.2 Å². The first-order valence-corrected chi connectivity index (χ1v) is 10.4. The van der Waals surface area contributed by atoms with Gasteiger partial charge in [-0.1, -0.05) is 18.6 Å². The number of esters is 1. The molecule has 0 aromatic rings. The number of nitrogens with one attached hydrogen (secondary N) is 1. The first kappa shape index (κ1) is 22.2. The van der Waals surface area contributed by atoms with Crippen molar-refractivity contribution < 1.29 is 19.1 Å². The van der Waals surface area contributed by atoms with Crippen molar-refractivity contribution in [2.24, 2.45) is 17.8 Å². The molecule has 0 radical (unpaired) electrons. The van der Waals surface area contributed by atoms with E-state index in [1.165, 1.54) is 0 Å². The van der Waals surface area contributed by atoms with Gasteiger partial charge in [-0.05, 0) is 45.4 Å². The minimum Gasteiger partial charge on any atom is -0.464 e. The standard InChI is InChI=1S/C22H34N2O4/c1-5-8-9-10-14-24(4)20(26)18-13-11-12-17(18)19(25)23-22(15-16(22)6-2)21(27)28-7-3/h5-6,16-18H,1-2,7-15H2,3-4H3,(H,23,25)/t16-,17?,18-,22-/m1/s1. The molecule has 0 aliphatic heterocycles. The van der Waals surface area contributed by atoms with E-state index in [-0.39, 0.29) is 36.2 Å². The summed E-state index contributed by atoms with van der Waals surface area (Å²) in [5.41, 5.74) is -0.998. The van der Waals surface area contributed by atoms with Crippen LogP contribution in [-0.4, -0.2) is 48.4 Å². The highest BCUT2D eigenvalue weighted by Gasteiger charge is 2.61. The SMILES string of the molecule is C=CCCCCN(C)C(=O)[C@@H]1CCCC1C(=O)N[C@]1(C(=O)OCC)C[C@H]1C=C. The molecule has 0 bridgehead atoms. The number of carbonyl (C=O) groups excluding carboxylic acids is 3. The van der Waals surface area contributed by atoms with Crippen molar-refractivity contribution in [2.45, 2.75) is 57.4 Å². The smallest absolute Gasteiger partial charge is 0.332 e. The van der Waals surface area contributed by atoms with Gasteiger partial charge in [-0.3, -0.25) is 9.59 Å². The van der Waals surface area contributed by atoms with E-state index in [0.29, 0.717) is 25.8 Å². The average Bonchev–Trinajstić information content (AvgIpc) is 3.17. The molecular formula is C22H34N2O4. The van der Waals surface area contributed by atoms with Gasteiger partial charge in [-0.25, -0.2) is 4.79 Å². The number of amides is 2. The second-order valence-electron chi connectivity index (χ2n) is 7.92. The van der Waals surface area contributed by atoms with Crippen LogP contribution >= 0.6 is 0 Å². The predicted molar refractivity (Wildman–Crippen MR) is 108 cm³/mol. The highest BCUT2D eigenvalue weighted by Crippen LogP contribution is 2.46. The summed E-state index contributed by atoms with van der Waals surface area (Å²) in [5.74, 6) is -1.41. The van der Waals surface area contributed by atoms with Crippen LogP contribution in [-0.2, 0) is 19.1 Å². The maximum absolute atomic E-state index is 13.0. The van der Waals surface area contributed by atoms with Gasteiger partial charge < -0.3 is 15.0 Å². The average molecular weight is 391 g/mol. The second kappa shape index (κ2) is 9.89. The largest absolute Gasteiger partial charge is 0.464 e. The first-order valence-electron chi connectivity index (χ1n) is 10.4. The van der Waals surface area contributed by atoms with Gasteiger partial charge in [-0.15, -0.1) is 13.2 Å². The number of unbranched alkanes of at least 4 members (excludes halogenated alkanes) is 2. The Labute approximate surface area is 168 Å². The van der Waals surface area contributed by atoms with Crippen molar-refractivity contribution in [3.8, 4) is 0 Å². The van der Waals surface area contributed by atoms with Crippen molar-refractivity contribution in [1.82, 2.24) is 10.2 Å². The summed E-state index contributed by atoms with van der Waals surface area (Å²) in [5, 5.41) is 2.91. The molecule has 2 rings (SSSR count). The molecule has 1 unspecified atom stereocenters. The third-order valence-corrected chi connectivity index (χ3v) is 5.98. The number of rotatable bonds is 11. The van der Waals surface area contributed by atoms with Gasteiger partial charge in [0, 0.05) is 31.3 Å². The number of ether oxygens (including phenoxy) is 1. The fourth-order valence-corrected chi connectivity index (χ4v) is 4.17. The monoisotopic (exact) mass is 390 g/mol. The lowest BCUT2D eigenvalue weighted by atomic mass is 9.93. The third-order valence-electron chi connectivity index (χ3n) is 5.98. The fraction of sp³-hybridized carbons (Fsp3) is 0.682. The highest BCUT2D eigenvalue weighted by molar-refractivity contribution is 5.94. The Morgan fingerprint density at radius 2 is 1.93 bits per heavy atom. The number of hydrogen-bond acceptors (Lipinski definition) is 4. The first-order chi connectivity index (χ1) is 13.4. The Morgan fingerprint density at radius 1 is 1.21 bits per heavy atom. The molecule has 2 amide bonds. The Balaban J connectivity index is 1.98. The van der Waals surface area contributed by atoms with Gasteiger partial charge >= 0.3 is 5.97 Å². The van der Waals surface area contributed by atoms with Crippen molar-refractivity contribution >= 4 is 17.8 Å². The number of hydrogen-bond donors (Lipinski definition) is 1. The summed E-state index contributed by atoms with van der Waals surface area (Å²) >= 11 is 0. The van der Waals surface area contributed by atoms with E-state index in [0.717, 1.165) is 25.7 Å². The zero-order valence-corrected chi connectivity index (χ0v) is 17.2. The van der Waals surface area contributed by atoms with Crippen LogP contribution in [0.5, 0.6) is 0 Å². The fourth-order valence-electron chi connectivity index (χ4n) is 4.17. The maximum Gasteiger partial charge on any atom is 0.332 e. The van der Waals surface area contributed by atoms with Crippen LogP contribution in [0.15, 0.2) is 25.3 Å². The molecule has 6 heteroatoms. The minimum absolute atomic E-state index is 0.0255. The Morgan fingerprint density at radius 3 is 2.54 bits per heavy atom. The summed E-state index contributed by atoms with van der Waals surface area (Å²) in [6.45, 7) is 10.2. The minimum atomic E-state index is -0.998. The van der Waals surface area contributed by atoms with Crippen LogP contribution in [0.2, 0.25) is 0 Å². The van der Waals surface area contributed by atoms with E-state index in [1.54, 1.807) is 24.9 Å². The van der Waals surface area contributed by atoms with Crippen LogP contribution in [0, 0.1) is 17.8 Å². The molecule has 2 aliphatic carbocycles.